The Hall–Kier alpha value is -3.23. The predicted molar refractivity (Wildman–Crippen MR) is 139 cm³/mol. The van der Waals surface area contributed by atoms with Crippen molar-refractivity contribution >= 4 is 22.5 Å². The molecule has 2 N–H and O–H groups in total. The van der Waals surface area contributed by atoms with Gasteiger partial charge in [-0.05, 0) is 69.5 Å². The molecule has 8 nitrogen and oxygen atoms in total. The third-order valence-corrected chi connectivity index (χ3v) is 6.28. The molecule has 2 aromatic rings. The lowest BCUT2D eigenvalue weighted by Gasteiger charge is -2.22. The minimum Gasteiger partial charge on any atom is -0.491 e. The second-order valence-corrected chi connectivity index (χ2v) is 9.13. The van der Waals surface area contributed by atoms with Crippen LogP contribution in [0, 0.1) is 0 Å². The molecule has 0 unspecified atom stereocenters. The highest BCUT2D eigenvalue weighted by Crippen LogP contribution is 2.28. The largest absolute Gasteiger partial charge is 0.491 e. The summed E-state index contributed by atoms with van der Waals surface area (Å²) in [5, 5.41) is 1.62. The van der Waals surface area contributed by atoms with Crippen molar-refractivity contribution in [3.05, 3.63) is 63.6 Å². The van der Waals surface area contributed by atoms with E-state index in [1.165, 1.54) is 0 Å². The van der Waals surface area contributed by atoms with Gasteiger partial charge in [0.15, 0.2) is 0 Å². The third kappa shape index (κ3) is 5.89. The molecule has 1 aliphatic carbocycles. The van der Waals surface area contributed by atoms with E-state index in [4.69, 9.17) is 9.72 Å². The Bertz CT molecular complexity index is 1230. The summed E-state index contributed by atoms with van der Waals surface area (Å²) in [6.07, 6.45) is 11.8. The molecule has 0 fully saturated rings. The van der Waals surface area contributed by atoms with Crippen molar-refractivity contribution in [3.63, 3.8) is 0 Å². The van der Waals surface area contributed by atoms with Gasteiger partial charge in [-0.15, -0.1) is 0 Å². The molecule has 0 spiro atoms. The van der Waals surface area contributed by atoms with E-state index in [1.807, 2.05) is 30.4 Å². The lowest BCUT2D eigenvalue weighted by atomic mass is 10.1. The molecule has 1 aromatic carbocycles. The van der Waals surface area contributed by atoms with Crippen LogP contribution < -0.4 is 15.7 Å². The molecule has 0 saturated heterocycles. The van der Waals surface area contributed by atoms with E-state index in [1.54, 1.807) is 18.1 Å². The van der Waals surface area contributed by atoms with Crippen molar-refractivity contribution in [1.82, 2.24) is 25.3 Å². The second-order valence-electron chi connectivity index (χ2n) is 9.13. The lowest BCUT2D eigenvalue weighted by Crippen LogP contribution is -2.41. The van der Waals surface area contributed by atoms with Gasteiger partial charge in [0.2, 0.25) is 0 Å². The molecule has 35 heavy (non-hydrogen) atoms. The first kappa shape index (κ1) is 24.9. The van der Waals surface area contributed by atoms with Crippen LogP contribution in [0.1, 0.15) is 50.3 Å². The fourth-order valence-electron chi connectivity index (χ4n) is 4.55. The Labute approximate surface area is 206 Å². The first-order valence-corrected chi connectivity index (χ1v) is 12.5. The summed E-state index contributed by atoms with van der Waals surface area (Å²) in [6.45, 7) is 5.04. The van der Waals surface area contributed by atoms with Gasteiger partial charge < -0.3 is 14.6 Å². The Morgan fingerprint density at radius 3 is 2.86 bits per heavy atom. The highest BCUT2D eigenvalue weighted by Gasteiger charge is 2.20. The molecule has 4 bridgehead atoms. The van der Waals surface area contributed by atoms with Crippen LogP contribution in [-0.2, 0) is 11.3 Å². The maximum Gasteiger partial charge on any atom is 0.274 e. The minimum atomic E-state index is -0.284. The number of nitrogens with one attached hydrogen (secondary N) is 2. The molecule has 4 rings (SSSR count). The van der Waals surface area contributed by atoms with Gasteiger partial charge in [-0.2, -0.15) is 0 Å². The molecule has 1 aromatic heterocycles. The van der Waals surface area contributed by atoms with E-state index < -0.39 is 0 Å². The number of H-pyrrole nitrogens is 1. The SMILES string of the molecule is CCCN(C)Cc1cc2c3nc(c(=O)[nH]c3c1)C1=CCC=CC(=C1)C(=O)N(NC)CCCCCO2. The summed E-state index contributed by atoms with van der Waals surface area (Å²) in [7, 11) is 3.84. The quantitative estimate of drug-likeness (QED) is 0.684. The molecule has 186 valence electrons. The number of nitrogens with zero attached hydrogens (tertiary/aromatic N) is 3. The van der Waals surface area contributed by atoms with Crippen molar-refractivity contribution in [1.29, 1.82) is 0 Å². The number of benzene rings is 1. The number of aromatic amines is 1. The Balaban J connectivity index is 1.83. The van der Waals surface area contributed by atoms with Gasteiger partial charge in [0.25, 0.3) is 11.5 Å². The van der Waals surface area contributed by atoms with Gasteiger partial charge in [0.1, 0.15) is 17.0 Å². The van der Waals surface area contributed by atoms with Gasteiger partial charge >= 0.3 is 0 Å². The van der Waals surface area contributed by atoms with Crippen LogP contribution in [-0.4, -0.2) is 59.6 Å². The first-order valence-electron chi connectivity index (χ1n) is 12.5. The summed E-state index contributed by atoms with van der Waals surface area (Å²) < 4.78 is 6.23. The molecular formula is C27H35N5O3. The zero-order valence-corrected chi connectivity index (χ0v) is 20.9. The predicted octanol–water partition coefficient (Wildman–Crippen LogP) is 3.56. The second kappa shape index (κ2) is 11.5. The average Bonchev–Trinajstić information content (AvgIpc) is 3.09. The number of hydrazine groups is 1. The Kier molecular flexibility index (Phi) is 8.15. The maximum absolute atomic E-state index is 13.2. The number of hydrogen-bond donors (Lipinski definition) is 2. The third-order valence-electron chi connectivity index (χ3n) is 6.28. The molecule has 8 heteroatoms. The molecule has 0 radical (unpaired) electrons. The van der Waals surface area contributed by atoms with Crippen LogP contribution in [0.5, 0.6) is 5.75 Å². The number of hydrogen-bond acceptors (Lipinski definition) is 6. The molecule has 0 atom stereocenters. The topological polar surface area (TPSA) is 90.6 Å². The molecular weight excluding hydrogens is 442 g/mol. The maximum atomic E-state index is 13.2. The van der Waals surface area contributed by atoms with Crippen LogP contribution in [0.15, 0.2) is 46.8 Å². The van der Waals surface area contributed by atoms with Gasteiger partial charge in [-0.1, -0.05) is 25.2 Å². The normalized spacial score (nSPS) is 17.0. The van der Waals surface area contributed by atoms with E-state index in [0.717, 1.165) is 44.3 Å². The highest BCUT2D eigenvalue weighted by atomic mass is 16.5. The molecule has 2 aliphatic rings. The van der Waals surface area contributed by atoms with Crippen LogP contribution in [0.25, 0.3) is 16.6 Å². The summed E-state index contributed by atoms with van der Waals surface area (Å²) >= 11 is 0. The number of carbonyl (C=O) groups excluding carboxylic acids is 1. The fourth-order valence-corrected chi connectivity index (χ4v) is 4.55. The van der Waals surface area contributed by atoms with Crippen molar-refractivity contribution in [3.8, 4) is 5.75 Å². The number of amides is 1. The van der Waals surface area contributed by atoms with Gasteiger partial charge in [-0.25, -0.2) is 10.4 Å². The van der Waals surface area contributed by atoms with E-state index >= 15 is 0 Å². The summed E-state index contributed by atoms with van der Waals surface area (Å²) in [5.74, 6) is 0.556. The number of fused-ring (bicyclic) bond motifs is 3. The van der Waals surface area contributed by atoms with Crippen LogP contribution >= 0.6 is 0 Å². The number of rotatable bonds is 5. The van der Waals surface area contributed by atoms with Crippen molar-refractivity contribution in [2.45, 2.75) is 45.6 Å². The summed E-state index contributed by atoms with van der Waals surface area (Å²) in [5.41, 5.74) is 6.52. The van der Waals surface area contributed by atoms with E-state index in [0.29, 0.717) is 47.5 Å². The zero-order valence-electron chi connectivity index (χ0n) is 20.9. The number of aromatic nitrogens is 2. The number of ether oxygens (including phenoxy) is 1. The standard InChI is InChI=1S/C27H35N5O3/c1-4-12-31(3)18-19-15-22-25-23(16-19)35-14-9-5-8-13-32(28-2)27(34)21-11-7-6-10-20(17-21)24(30-25)26(33)29-22/h7,10-11,15-17,28H,4-6,8-9,12-14,18H2,1-3H3,(H,29,33). The first-order chi connectivity index (χ1) is 17.0. The highest BCUT2D eigenvalue weighted by molar-refractivity contribution is 5.99. The minimum absolute atomic E-state index is 0.124. The van der Waals surface area contributed by atoms with E-state index in [9.17, 15) is 9.59 Å². The molecule has 1 aliphatic heterocycles. The van der Waals surface area contributed by atoms with Gasteiger partial charge in [0.05, 0.1) is 12.1 Å². The smallest absolute Gasteiger partial charge is 0.274 e. The van der Waals surface area contributed by atoms with Crippen LogP contribution in [0.4, 0.5) is 0 Å². The summed E-state index contributed by atoms with van der Waals surface area (Å²) in [6, 6.07) is 4.03. The molecule has 2 heterocycles. The Morgan fingerprint density at radius 2 is 2.06 bits per heavy atom. The van der Waals surface area contributed by atoms with Gasteiger partial charge in [-0.3, -0.25) is 14.6 Å². The van der Waals surface area contributed by atoms with Crippen molar-refractivity contribution < 1.29 is 9.53 Å². The summed E-state index contributed by atoms with van der Waals surface area (Å²) in [4.78, 5) is 36.4. The average molecular weight is 478 g/mol. The Morgan fingerprint density at radius 1 is 1.20 bits per heavy atom. The number of allylic oxidation sites excluding steroid dienone is 4. The molecule has 0 saturated carbocycles. The van der Waals surface area contributed by atoms with Crippen LogP contribution in [0.2, 0.25) is 0 Å². The van der Waals surface area contributed by atoms with Gasteiger partial charge in [0, 0.05) is 31.3 Å². The fraction of sp³-hybridized carbons (Fsp3) is 0.444. The van der Waals surface area contributed by atoms with Crippen molar-refractivity contribution in [2.75, 3.05) is 33.8 Å². The van der Waals surface area contributed by atoms with Crippen LogP contribution in [0.3, 0.4) is 0 Å². The van der Waals surface area contributed by atoms with E-state index in [2.05, 4.69) is 29.3 Å². The number of carbonyl (C=O) groups is 1. The molecule has 1 amide bonds. The van der Waals surface area contributed by atoms with Crippen molar-refractivity contribution in [2.24, 2.45) is 0 Å². The lowest BCUT2D eigenvalue weighted by molar-refractivity contribution is -0.129. The monoisotopic (exact) mass is 477 g/mol. The van der Waals surface area contributed by atoms with E-state index in [-0.39, 0.29) is 17.2 Å². The zero-order chi connectivity index (χ0) is 24.8.